The van der Waals surface area contributed by atoms with E-state index in [0.29, 0.717) is 13.1 Å². The average Bonchev–Trinajstić information content (AvgIpc) is 2.44. The highest BCUT2D eigenvalue weighted by Crippen LogP contribution is 2.00. The van der Waals surface area contributed by atoms with E-state index in [1.165, 1.54) is 6.26 Å². The van der Waals surface area contributed by atoms with Crippen LogP contribution in [0.15, 0.2) is 10.6 Å². The number of rotatable bonds is 5. The monoisotopic (exact) mass is 218 g/mol. The Balaban J connectivity index is 2.23. The highest BCUT2D eigenvalue weighted by atomic mass is 32.2. The van der Waals surface area contributed by atoms with Crippen LogP contribution in [0.4, 0.5) is 0 Å². The molecule has 0 atom stereocenters. The fourth-order valence-corrected chi connectivity index (χ4v) is 1.49. The van der Waals surface area contributed by atoms with E-state index < -0.39 is 9.84 Å². The number of aromatic nitrogens is 1. The van der Waals surface area contributed by atoms with Gasteiger partial charge in [0.1, 0.15) is 15.6 Å². The predicted octanol–water partition coefficient (Wildman–Crippen LogP) is 0.117. The van der Waals surface area contributed by atoms with Gasteiger partial charge in [0.15, 0.2) is 0 Å². The average molecular weight is 218 g/mol. The highest BCUT2D eigenvalue weighted by Gasteiger charge is 2.02. The van der Waals surface area contributed by atoms with Crippen LogP contribution in [-0.4, -0.2) is 32.1 Å². The molecular weight excluding hydrogens is 204 g/mol. The minimum atomic E-state index is -2.88. The summed E-state index contributed by atoms with van der Waals surface area (Å²) < 4.78 is 26.4. The maximum absolute atomic E-state index is 10.8. The first-order valence-corrected chi connectivity index (χ1v) is 6.34. The zero-order valence-electron chi connectivity index (χ0n) is 8.28. The Labute approximate surface area is 83.4 Å². The van der Waals surface area contributed by atoms with Gasteiger partial charge in [-0.15, -0.1) is 0 Å². The lowest BCUT2D eigenvalue weighted by Crippen LogP contribution is -2.22. The summed E-state index contributed by atoms with van der Waals surface area (Å²) in [6.45, 7) is 2.78. The van der Waals surface area contributed by atoms with E-state index in [0.717, 1.165) is 11.5 Å². The first-order valence-electron chi connectivity index (χ1n) is 4.28. The van der Waals surface area contributed by atoms with E-state index in [4.69, 9.17) is 4.52 Å². The molecule has 0 aliphatic carbocycles. The number of aryl methyl sites for hydroxylation is 1. The van der Waals surface area contributed by atoms with E-state index in [9.17, 15) is 8.42 Å². The standard InChI is InChI=1S/C8H14N2O3S/c1-7-5-8(10-13-7)6-9-3-4-14(2,11)12/h5,9H,3-4,6H2,1-2H3. The van der Waals surface area contributed by atoms with Crippen LogP contribution in [0.2, 0.25) is 0 Å². The van der Waals surface area contributed by atoms with Crippen LogP contribution in [0, 0.1) is 6.92 Å². The molecule has 0 saturated carbocycles. The van der Waals surface area contributed by atoms with Crippen LogP contribution in [-0.2, 0) is 16.4 Å². The third kappa shape index (κ3) is 4.38. The Morgan fingerprint density at radius 1 is 1.57 bits per heavy atom. The van der Waals surface area contributed by atoms with Crippen molar-refractivity contribution in [2.75, 3.05) is 18.6 Å². The SMILES string of the molecule is Cc1cc(CNCCS(C)(=O)=O)no1. The largest absolute Gasteiger partial charge is 0.361 e. The lowest BCUT2D eigenvalue weighted by atomic mass is 10.4. The highest BCUT2D eigenvalue weighted by molar-refractivity contribution is 7.90. The van der Waals surface area contributed by atoms with Crippen molar-refractivity contribution in [2.24, 2.45) is 0 Å². The lowest BCUT2D eigenvalue weighted by Gasteiger charge is -1.99. The van der Waals surface area contributed by atoms with Crippen LogP contribution < -0.4 is 5.32 Å². The summed E-state index contributed by atoms with van der Waals surface area (Å²) in [6, 6.07) is 1.81. The molecule has 0 fully saturated rings. The first kappa shape index (κ1) is 11.2. The minimum absolute atomic E-state index is 0.143. The Hall–Kier alpha value is -0.880. The van der Waals surface area contributed by atoms with Gasteiger partial charge in [-0.05, 0) is 6.92 Å². The van der Waals surface area contributed by atoms with Gasteiger partial charge in [-0.3, -0.25) is 0 Å². The summed E-state index contributed by atoms with van der Waals surface area (Å²) in [6.07, 6.45) is 1.22. The van der Waals surface area contributed by atoms with Crippen molar-refractivity contribution in [3.63, 3.8) is 0 Å². The maximum atomic E-state index is 10.8. The minimum Gasteiger partial charge on any atom is -0.361 e. The van der Waals surface area contributed by atoms with E-state index in [1.54, 1.807) is 0 Å². The van der Waals surface area contributed by atoms with E-state index in [-0.39, 0.29) is 5.75 Å². The fourth-order valence-electron chi connectivity index (χ4n) is 0.975. The molecule has 5 nitrogen and oxygen atoms in total. The van der Waals surface area contributed by atoms with Gasteiger partial charge in [-0.25, -0.2) is 8.42 Å². The van der Waals surface area contributed by atoms with Crippen LogP contribution >= 0.6 is 0 Å². The summed E-state index contributed by atoms with van der Waals surface area (Å²) in [4.78, 5) is 0. The van der Waals surface area contributed by atoms with Crippen molar-refractivity contribution in [1.82, 2.24) is 10.5 Å². The van der Waals surface area contributed by atoms with Gasteiger partial charge < -0.3 is 9.84 Å². The van der Waals surface area contributed by atoms with E-state index >= 15 is 0 Å². The summed E-state index contributed by atoms with van der Waals surface area (Å²) >= 11 is 0. The second kappa shape index (κ2) is 4.56. The third-order valence-electron chi connectivity index (χ3n) is 1.63. The molecule has 80 valence electrons. The van der Waals surface area contributed by atoms with Gasteiger partial charge in [0, 0.05) is 25.4 Å². The summed E-state index contributed by atoms with van der Waals surface area (Å²) in [5, 5.41) is 6.73. The molecule has 1 N–H and O–H groups in total. The Bertz CT molecular complexity index is 383. The van der Waals surface area contributed by atoms with Crippen LogP contribution in [0.25, 0.3) is 0 Å². The quantitative estimate of drug-likeness (QED) is 0.710. The Kier molecular flexibility index (Phi) is 3.65. The van der Waals surface area contributed by atoms with Gasteiger partial charge in [0.25, 0.3) is 0 Å². The van der Waals surface area contributed by atoms with Crippen molar-refractivity contribution < 1.29 is 12.9 Å². The molecule has 0 aliphatic rings. The molecule has 1 rings (SSSR count). The second-order valence-electron chi connectivity index (χ2n) is 3.24. The molecular formula is C8H14N2O3S. The smallest absolute Gasteiger partial charge is 0.148 e. The molecule has 1 heterocycles. The zero-order chi connectivity index (χ0) is 10.6. The van der Waals surface area contributed by atoms with E-state index in [2.05, 4.69) is 10.5 Å². The number of nitrogens with zero attached hydrogens (tertiary/aromatic N) is 1. The van der Waals surface area contributed by atoms with Crippen molar-refractivity contribution in [3.8, 4) is 0 Å². The van der Waals surface area contributed by atoms with E-state index in [1.807, 2.05) is 13.0 Å². The van der Waals surface area contributed by atoms with Gasteiger partial charge in [-0.2, -0.15) is 0 Å². The molecule has 1 aromatic rings. The number of hydrogen-bond donors (Lipinski definition) is 1. The van der Waals surface area contributed by atoms with Crippen LogP contribution in [0.5, 0.6) is 0 Å². The molecule has 0 bridgehead atoms. The lowest BCUT2D eigenvalue weighted by molar-refractivity contribution is 0.388. The second-order valence-corrected chi connectivity index (χ2v) is 5.50. The van der Waals surface area contributed by atoms with Crippen molar-refractivity contribution in [1.29, 1.82) is 0 Å². The molecule has 0 radical (unpaired) electrons. The molecule has 0 aliphatic heterocycles. The predicted molar refractivity (Wildman–Crippen MR) is 52.7 cm³/mol. The topological polar surface area (TPSA) is 72.2 Å². The number of nitrogens with one attached hydrogen (secondary N) is 1. The van der Waals surface area contributed by atoms with Gasteiger partial charge in [-0.1, -0.05) is 5.16 Å². The maximum Gasteiger partial charge on any atom is 0.148 e. The molecule has 0 saturated heterocycles. The first-order chi connectivity index (χ1) is 6.47. The molecule has 6 heteroatoms. The van der Waals surface area contributed by atoms with Crippen molar-refractivity contribution in [3.05, 3.63) is 17.5 Å². The summed E-state index contributed by atoms with van der Waals surface area (Å²) in [5.41, 5.74) is 0.788. The van der Waals surface area contributed by atoms with Crippen LogP contribution in [0.3, 0.4) is 0 Å². The third-order valence-corrected chi connectivity index (χ3v) is 2.58. The fraction of sp³-hybridized carbons (Fsp3) is 0.625. The molecule has 0 unspecified atom stereocenters. The molecule has 1 aromatic heterocycles. The van der Waals surface area contributed by atoms with Gasteiger partial charge in [0.05, 0.1) is 11.4 Å². The molecule has 0 aromatic carbocycles. The number of sulfone groups is 1. The Morgan fingerprint density at radius 3 is 2.79 bits per heavy atom. The molecule has 0 spiro atoms. The van der Waals surface area contributed by atoms with Crippen molar-refractivity contribution >= 4 is 9.84 Å². The Morgan fingerprint density at radius 2 is 2.29 bits per heavy atom. The van der Waals surface area contributed by atoms with Gasteiger partial charge >= 0.3 is 0 Å². The molecule has 0 amide bonds. The zero-order valence-corrected chi connectivity index (χ0v) is 9.10. The van der Waals surface area contributed by atoms with Gasteiger partial charge in [0.2, 0.25) is 0 Å². The van der Waals surface area contributed by atoms with Crippen molar-refractivity contribution in [2.45, 2.75) is 13.5 Å². The normalized spacial score (nSPS) is 11.9. The summed E-state index contributed by atoms with van der Waals surface area (Å²) in [5.74, 6) is 0.897. The number of hydrogen-bond acceptors (Lipinski definition) is 5. The molecule has 14 heavy (non-hydrogen) atoms. The summed E-state index contributed by atoms with van der Waals surface area (Å²) in [7, 11) is -2.88. The van der Waals surface area contributed by atoms with Crippen LogP contribution in [0.1, 0.15) is 11.5 Å².